The van der Waals surface area contributed by atoms with Crippen LogP contribution >= 0.6 is 0 Å². The largest absolute Gasteiger partial charge is 0.371 e. The zero-order chi connectivity index (χ0) is 14.7. The summed E-state index contributed by atoms with van der Waals surface area (Å²) in [6.07, 6.45) is 5.66. The van der Waals surface area contributed by atoms with Gasteiger partial charge in [0.2, 0.25) is 0 Å². The summed E-state index contributed by atoms with van der Waals surface area (Å²) in [5.74, 6) is 0.537. The third-order valence-electron chi connectivity index (χ3n) is 4.56. The van der Waals surface area contributed by atoms with Gasteiger partial charge in [-0.15, -0.1) is 0 Å². The van der Waals surface area contributed by atoms with Crippen LogP contribution in [-0.4, -0.2) is 19.1 Å². The van der Waals surface area contributed by atoms with Crippen LogP contribution in [0.5, 0.6) is 0 Å². The predicted molar refractivity (Wildman–Crippen MR) is 83.6 cm³/mol. The third-order valence-corrected chi connectivity index (χ3v) is 4.56. The highest BCUT2D eigenvalue weighted by Gasteiger charge is 2.27. The van der Waals surface area contributed by atoms with Crippen molar-refractivity contribution in [2.24, 2.45) is 11.7 Å². The van der Waals surface area contributed by atoms with Gasteiger partial charge in [-0.3, -0.25) is 0 Å². The van der Waals surface area contributed by atoms with E-state index in [9.17, 15) is 4.39 Å². The van der Waals surface area contributed by atoms with Gasteiger partial charge in [-0.1, -0.05) is 25.8 Å². The Balaban J connectivity index is 2.28. The molecule has 1 aliphatic carbocycles. The number of benzene rings is 1. The summed E-state index contributed by atoms with van der Waals surface area (Å²) in [5.41, 5.74) is 7.66. The summed E-state index contributed by atoms with van der Waals surface area (Å²) in [6, 6.07) is 5.86. The molecule has 20 heavy (non-hydrogen) atoms. The highest BCUT2D eigenvalue weighted by Crippen LogP contribution is 2.33. The molecule has 3 heteroatoms. The van der Waals surface area contributed by atoms with Crippen LogP contribution < -0.4 is 10.6 Å². The molecular weight excluding hydrogens is 251 g/mol. The highest BCUT2D eigenvalue weighted by molar-refractivity contribution is 5.55. The van der Waals surface area contributed by atoms with E-state index < -0.39 is 0 Å². The molecule has 1 aliphatic rings. The van der Waals surface area contributed by atoms with Gasteiger partial charge in [-0.25, -0.2) is 4.39 Å². The molecule has 1 fully saturated rings. The molecule has 0 saturated heterocycles. The minimum Gasteiger partial charge on any atom is -0.371 e. The fourth-order valence-electron chi connectivity index (χ4n) is 3.45. The zero-order valence-corrected chi connectivity index (χ0v) is 12.9. The van der Waals surface area contributed by atoms with E-state index in [1.165, 1.54) is 25.7 Å². The summed E-state index contributed by atoms with van der Waals surface area (Å²) in [6.45, 7) is 4.24. The van der Waals surface area contributed by atoms with E-state index in [0.717, 1.165) is 11.3 Å². The van der Waals surface area contributed by atoms with Gasteiger partial charge in [0.25, 0.3) is 0 Å². The molecule has 0 spiro atoms. The van der Waals surface area contributed by atoms with Crippen LogP contribution in [0.1, 0.15) is 45.1 Å². The maximum absolute atomic E-state index is 14.2. The van der Waals surface area contributed by atoms with E-state index >= 15 is 0 Å². The first-order valence-corrected chi connectivity index (χ1v) is 7.76. The standard InChI is InChI=1S/C17H27FN2/c1-12-7-4-5-9-16(12)20(3)17-10-6-8-15(18)14(17)11-13(2)19/h6,8,10,12-13,16H,4-5,7,9,11,19H2,1-3H3. The van der Waals surface area contributed by atoms with Crippen molar-refractivity contribution < 1.29 is 4.39 Å². The number of anilines is 1. The van der Waals surface area contributed by atoms with Crippen LogP contribution in [0.4, 0.5) is 10.1 Å². The van der Waals surface area contributed by atoms with Crippen molar-refractivity contribution in [3.05, 3.63) is 29.6 Å². The van der Waals surface area contributed by atoms with E-state index in [0.29, 0.717) is 18.4 Å². The topological polar surface area (TPSA) is 29.3 Å². The molecular formula is C17H27FN2. The molecule has 3 unspecified atom stereocenters. The number of hydrogen-bond donors (Lipinski definition) is 1. The van der Waals surface area contributed by atoms with Crippen molar-refractivity contribution in [2.75, 3.05) is 11.9 Å². The van der Waals surface area contributed by atoms with Crippen LogP contribution in [0.15, 0.2) is 18.2 Å². The van der Waals surface area contributed by atoms with Crippen LogP contribution in [-0.2, 0) is 6.42 Å². The molecule has 0 amide bonds. The lowest BCUT2D eigenvalue weighted by atomic mass is 9.84. The Labute approximate surface area is 122 Å². The number of nitrogens with two attached hydrogens (primary N) is 1. The molecule has 112 valence electrons. The first kappa shape index (κ1) is 15.3. The molecule has 2 N–H and O–H groups in total. The van der Waals surface area contributed by atoms with Crippen LogP contribution in [0.25, 0.3) is 0 Å². The van der Waals surface area contributed by atoms with Gasteiger partial charge in [0, 0.05) is 30.4 Å². The number of hydrogen-bond acceptors (Lipinski definition) is 2. The fraction of sp³-hybridized carbons (Fsp3) is 0.647. The fourth-order valence-corrected chi connectivity index (χ4v) is 3.45. The van der Waals surface area contributed by atoms with Crippen LogP contribution in [0, 0.1) is 11.7 Å². The van der Waals surface area contributed by atoms with E-state index in [-0.39, 0.29) is 11.9 Å². The smallest absolute Gasteiger partial charge is 0.128 e. The average molecular weight is 278 g/mol. The van der Waals surface area contributed by atoms with Gasteiger partial charge in [0.1, 0.15) is 5.82 Å². The van der Waals surface area contributed by atoms with E-state index in [4.69, 9.17) is 5.73 Å². The van der Waals surface area contributed by atoms with Crippen molar-refractivity contribution in [2.45, 2.75) is 58.0 Å². The van der Waals surface area contributed by atoms with Crippen molar-refractivity contribution in [1.29, 1.82) is 0 Å². The lowest BCUT2D eigenvalue weighted by molar-refractivity contribution is 0.321. The monoisotopic (exact) mass is 278 g/mol. The minimum atomic E-state index is -0.130. The SMILES string of the molecule is CC(N)Cc1c(F)cccc1N(C)C1CCCCC1C. The van der Waals surface area contributed by atoms with Gasteiger partial charge in [-0.05, 0) is 44.2 Å². The zero-order valence-electron chi connectivity index (χ0n) is 12.9. The average Bonchev–Trinajstić information content (AvgIpc) is 2.40. The van der Waals surface area contributed by atoms with Crippen LogP contribution in [0.2, 0.25) is 0 Å². The van der Waals surface area contributed by atoms with Gasteiger partial charge in [-0.2, -0.15) is 0 Å². The summed E-state index contributed by atoms with van der Waals surface area (Å²) in [4.78, 5) is 2.28. The molecule has 3 atom stereocenters. The lowest BCUT2D eigenvalue weighted by Gasteiger charge is -2.38. The molecule has 0 heterocycles. The Morgan fingerprint density at radius 3 is 2.70 bits per heavy atom. The van der Waals surface area contributed by atoms with Gasteiger partial charge < -0.3 is 10.6 Å². The maximum Gasteiger partial charge on any atom is 0.128 e. The second-order valence-corrected chi connectivity index (χ2v) is 6.36. The molecule has 0 aliphatic heterocycles. The Bertz CT molecular complexity index is 445. The normalized spacial score (nSPS) is 24.4. The number of nitrogens with zero attached hydrogens (tertiary/aromatic N) is 1. The van der Waals surface area contributed by atoms with Crippen molar-refractivity contribution >= 4 is 5.69 Å². The Hall–Kier alpha value is -1.09. The van der Waals surface area contributed by atoms with Crippen molar-refractivity contribution in [1.82, 2.24) is 0 Å². The van der Waals surface area contributed by atoms with Gasteiger partial charge >= 0.3 is 0 Å². The van der Waals surface area contributed by atoms with E-state index in [1.807, 2.05) is 13.0 Å². The van der Waals surface area contributed by atoms with E-state index in [2.05, 4.69) is 18.9 Å². The first-order chi connectivity index (χ1) is 9.50. The Morgan fingerprint density at radius 2 is 2.05 bits per heavy atom. The van der Waals surface area contributed by atoms with E-state index in [1.54, 1.807) is 12.1 Å². The molecule has 1 saturated carbocycles. The Kier molecular flexibility index (Phi) is 5.03. The summed E-state index contributed by atoms with van der Waals surface area (Å²) < 4.78 is 14.2. The number of rotatable bonds is 4. The predicted octanol–water partition coefficient (Wildman–Crippen LogP) is 3.73. The molecule has 2 rings (SSSR count). The first-order valence-electron chi connectivity index (χ1n) is 7.76. The maximum atomic E-state index is 14.2. The number of halogens is 1. The second-order valence-electron chi connectivity index (χ2n) is 6.36. The molecule has 0 bridgehead atoms. The third kappa shape index (κ3) is 3.32. The molecule has 2 nitrogen and oxygen atoms in total. The minimum absolute atomic E-state index is 0.0252. The molecule has 1 aromatic rings. The molecule has 0 radical (unpaired) electrons. The quantitative estimate of drug-likeness (QED) is 0.909. The second kappa shape index (κ2) is 6.57. The summed E-state index contributed by atoms with van der Waals surface area (Å²) in [7, 11) is 2.10. The summed E-state index contributed by atoms with van der Waals surface area (Å²) >= 11 is 0. The van der Waals surface area contributed by atoms with Gasteiger partial charge in [0.15, 0.2) is 0 Å². The van der Waals surface area contributed by atoms with Crippen molar-refractivity contribution in [3.8, 4) is 0 Å². The van der Waals surface area contributed by atoms with Gasteiger partial charge in [0.05, 0.1) is 0 Å². The molecule has 1 aromatic carbocycles. The lowest BCUT2D eigenvalue weighted by Crippen LogP contribution is -2.39. The highest BCUT2D eigenvalue weighted by atomic mass is 19.1. The Morgan fingerprint density at radius 1 is 1.35 bits per heavy atom. The summed E-state index contributed by atoms with van der Waals surface area (Å²) in [5, 5.41) is 0. The molecule has 0 aromatic heterocycles. The van der Waals surface area contributed by atoms with Crippen molar-refractivity contribution in [3.63, 3.8) is 0 Å². The van der Waals surface area contributed by atoms with Crippen LogP contribution in [0.3, 0.4) is 0 Å².